The second-order valence-corrected chi connectivity index (χ2v) is 4.20. The molecule has 0 radical (unpaired) electrons. The molecule has 2 aromatic rings. The number of hydrogen-bond donors (Lipinski definition) is 1. The fourth-order valence-electron chi connectivity index (χ4n) is 1.73. The number of pyridine rings is 1. The molecule has 0 saturated heterocycles. The largest absolute Gasteiger partial charge is 0.496 e. The van der Waals surface area contributed by atoms with E-state index >= 15 is 0 Å². The van der Waals surface area contributed by atoms with E-state index in [9.17, 15) is 9.59 Å². The lowest BCUT2D eigenvalue weighted by Crippen LogP contribution is -2.28. The smallest absolute Gasteiger partial charge is 0.260 e. The van der Waals surface area contributed by atoms with Crippen molar-refractivity contribution in [1.29, 1.82) is 0 Å². The van der Waals surface area contributed by atoms with Gasteiger partial charge in [0, 0.05) is 17.8 Å². The molecule has 1 heterocycles. The predicted molar refractivity (Wildman–Crippen MR) is 79.4 cm³/mol. The lowest BCUT2D eigenvalue weighted by molar-refractivity contribution is -0.121. The summed E-state index contributed by atoms with van der Waals surface area (Å²) in [4.78, 5) is 23.2. The average molecular weight is 285 g/mol. The number of carbonyl (C=O) groups is 1. The van der Waals surface area contributed by atoms with Crippen LogP contribution in [-0.2, 0) is 11.3 Å². The monoisotopic (exact) mass is 285 g/mol. The van der Waals surface area contributed by atoms with Gasteiger partial charge in [0.1, 0.15) is 12.3 Å². The Balaban J connectivity index is 1.97. The SMILES string of the molecule is COc1ccccc1/C=N\NC(=O)Cn1ccccc1=O. The van der Waals surface area contributed by atoms with Crippen molar-refractivity contribution >= 4 is 12.1 Å². The van der Waals surface area contributed by atoms with Gasteiger partial charge in [-0.2, -0.15) is 5.10 Å². The number of amides is 1. The average Bonchev–Trinajstić information content (AvgIpc) is 2.50. The van der Waals surface area contributed by atoms with Gasteiger partial charge in [0.2, 0.25) is 0 Å². The van der Waals surface area contributed by atoms with Crippen LogP contribution in [0.3, 0.4) is 0 Å². The van der Waals surface area contributed by atoms with Crippen LogP contribution >= 0.6 is 0 Å². The number of nitrogens with zero attached hydrogens (tertiary/aromatic N) is 2. The number of benzene rings is 1. The molecule has 0 bridgehead atoms. The number of methoxy groups -OCH3 is 1. The van der Waals surface area contributed by atoms with Crippen molar-refractivity contribution in [3.63, 3.8) is 0 Å². The van der Waals surface area contributed by atoms with Crippen LogP contribution in [0.5, 0.6) is 5.75 Å². The summed E-state index contributed by atoms with van der Waals surface area (Å²) in [5, 5.41) is 3.86. The first kappa shape index (κ1) is 14.5. The lowest BCUT2D eigenvalue weighted by atomic mass is 10.2. The van der Waals surface area contributed by atoms with Crippen LogP contribution in [0, 0.1) is 0 Å². The summed E-state index contributed by atoms with van der Waals surface area (Å²) in [5.41, 5.74) is 2.89. The summed E-state index contributed by atoms with van der Waals surface area (Å²) in [7, 11) is 1.56. The molecule has 0 fully saturated rings. The van der Waals surface area contributed by atoms with Crippen LogP contribution in [0.1, 0.15) is 5.56 Å². The Morgan fingerprint density at radius 1 is 1.29 bits per heavy atom. The van der Waals surface area contributed by atoms with E-state index in [2.05, 4.69) is 10.5 Å². The Morgan fingerprint density at radius 3 is 2.81 bits per heavy atom. The van der Waals surface area contributed by atoms with Crippen molar-refractivity contribution in [3.8, 4) is 5.75 Å². The first-order valence-corrected chi connectivity index (χ1v) is 6.31. The van der Waals surface area contributed by atoms with Crippen molar-refractivity contribution in [2.45, 2.75) is 6.54 Å². The van der Waals surface area contributed by atoms with Gasteiger partial charge in [0.05, 0.1) is 13.3 Å². The Labute approximate surface area is 121 Å². The van der Waals surface area contributed by atoms with Crippen LogP contribution in [0.2, 0.25) is 0 Å². The van der Waals surface area contributed by atoms with Crippen molar-refractivity contribution < 1.29 is 9.53 Å². The van der Waals surface area contributed by atoms with Gasteiger partial charge in [0.25, 0.3) is 11.5 Å². The zero-order valence-electron chi connectivity index (χ0n) is 11.5. The number of nitrogens with one attached hydrogen (secondary N) is 1. The second kappa shape index (κ2) is 7.04. The zero-order chi connectivity index (χ0) is 15.1. The Bertz CT molecular complexity index is 707. The van der Waals surface area contributed by atoms with Crippen LogP contribution in [0.15, 0.2) is 58.6 Å². The first-order valence-electron chi connectivity index (χ1n) is 6.31. The maximum atomic E-state index is 11.7. The molecule has 0 atom stereocenters. The third-order valence-electron chi connectivity index (χ3n) is 2.74. The maximum Gasteiger partial charge on any atom is 0.260 e. The van der Waals surface area contributed by atoms with Gasteiger partial charge in [-0.25, -0.2) is 5.43 Å². The highest BCUT2D eigenvalue weighted by atomic mass is 16.5. The molecule has 21 heavy (non-hydrogen) atoms. The third-order valence-corrected chi connectivity index (χ3v) is 2.74. The van der Waals surface area contributed by atoms with Crippen LogP contribution in [0.25, 0.3) is 0 Å². The molecule has 1 aromatic heterocycles. The summed E-state index contributed by atoms with van der Waals surface area (Å²) in [6.45, 7) is -0.0804. The van der Waals surface area contributed by atoms with Crippen molar-refractivity contribution in [3.05, 3.63) is 64.6 Å². The van der Waals surface area contributed by atoms with E-state index in [1.165, 1.54) is 16.8 Å². The number of ether oxygens (including phenoxy) is 1. The molecule has 108 valence electrons. The minimum atomic E-state index is -0.380. The molecule has 1 aromatic carbocycles. The zero-order valence-corrected chi connectivity index (χ0v) is 11.5. The van der Waals surface area contributed by atoms with Gasteiger partial charge in [-0.3, -0.25) is 9.59 Å². The molecular formula is C15H15N3O3. The molecular weight excluding hydrogens is 270 g/mol. The van der Waals surface area contributed by atoms with Crippen molar-refractivity contribution in [2.24, 2.45) is 5.10 Å². The van der Waals surface area contributed by atoms with Crippen molar-refractivity contribution in [2.75, 3.05) is 7.11 Å². The summed E-state index contributed by atoms with van der Waals surface area (Å²) in [6, 6.07) is 12.0. The second-order valence-electron chi connectivity index (χ2n) is 4.20. The summed E-state index contributed by atoms with van der Waals surface area (Å²) < 4.78 is 6.46. The molecule has 0 unspecified atom stereocenters. The van der Waals surface area contributed by atoms with Crippen LogP contribution in [-0.4, -0.2) is 23.8 Å². The maximum absolute atomic E-state index is 11.7. The molecule has 0 aliphatic carbocycles. The lowest BCUT2D eigenvalue weighted by Gasteiger charge is -2.04. The summed E-state index contributed by atoms with van der Waals surface area (Å²) >= 11 is 0. The molecule has 0 spiro atoms. The summed E-state index contributed by atoms with van der Waals surface area (Å²) in [5.74, 6) is 0.282. The van der Waals surface area contributed by atoms with Crippen LogP contribution in [0.4, 0.5) is 0 Å². The number of aromatic nitrogens is 1. The molecule has 0 aliphatic heterocycles. The molecule has 1 amide bonds. The van der Waals surface area contributed by atoms with E-state index in [1.54, 1.807) is 31.5 Å². The molecule has 1 N–H and O–H groups in total. The van der Waals surface area contributed by atoms with Gasteiger partial charge >= 0.3 is 0 Å². The number of hydrogen-bond acceptors (Lipinski definition) is 4. The normalized spacial score (nSPS) is 10.5. The van der Waals surface area contributed by atoms with Crippen LogP contribution < -0.4 is 15.7 Å². The molecule has 6 heteroatoms. The van der Waals surface area contributed by atoms with Crippen molar-refractivity contribution in [1.82, 2.24) is 9.99 Å². The number of rotatable bonds is 5. The molecule has 0 aliphatic rings. The Morgan fingerprint density at radius 2 is 2.05 bits per heavy atom. The van der Waals surface area contributed by atoms with E-state index in [1.807, 2.05) is 18.2 Å². The number of para-hydroxylation sites is 1. The van der Waals surface area contributed by atoms with Gasteiger partial charge < -0.3 is 9.30 Å². The van der Waals surface area contributed by atoms with E-state index in [4.69, 9.17) is 4.74 Å². The Kier molecular flexibility index (Phi) is 4.87. The fourth-order valence-corrected chi connectivity index (χ4v) is 1.73. The highest BCUT2D eigenvalue weighted by molar-refractivity contribution is 5.85. The fraction of sp³-hybridized carbons (Fsp3) is 0.133. The number of carbonyl (C=O) groups excluding carboxylic acids is 1. The van der Waals surface area contributed by atoms with Gasteiger partial charge in [-0.05, 0) is 18.2 Å². The third kappa shape index (κ3) is 4.04. The molecule has 0 saturated carbocycles. The first-order chi connectivity index (χ1) is 10.2. The van der Waals surface area contributed by atoms with E-state index in [-0.39, 0.29) is 18.0 Å². The highest BCUT2D eigenvalue weighted by Crippen LogP contribution is 2.14. The minimum absolute atomic E-state index is 0.0804. The van der Waals surface area contributed by atoms with E-state index in [0.29, 0.717) is 5.75 Å². The van der Waals surface area contributed by atoms with Gasteiger partial charge in [-0.1, -0.05) is 18.2 Å². The molecule has 6 nitrogen and oxygen atoms in total. The quantitative estimate of drug-likeness (QED) is 0.658. The van der Waals surface area contributed by atoms with E-state index in [0.717, 1.165) is 5.56 Å². The Hall–Kier alpha value is -2.89. The standard InChI is InChI=1S/C15H15N3O3/c1-21-13-7-3-2-6-12(13)10-16-17-14(19)11-18-9-5-4-8-15(18)20/h2-10H,11H2,1H3,(H,17,19)/b16-10-. The topological polar surface area (TPSA) is 72.7 Å². The van der Waals surface area contributed by atoms with Gasteiger partial charge in [-0.15, -0.1) is 0 Å². The van der Waals surface area contributed by atoms with Gasteiger partial charge in [0.15, 0.2) is 0 Å². The number of hydrazone groups is 1. The highest BCUT2D eigenvalue weighted by Gasteiger charge is 2.02. The van der Waals surface area contributed by atoms with E-state index < -0.39 is 0 Å². The predicted octanol–water partition coefficient (Wildman–Crippen LogP) is 1.01. The summed E-state index contributed by atoms with van der Waals surface area (Å²) in [6.07, 6.45) is 3.04. The minimum Gasteiger partial charge on any atom is -0.496 e. The molecule has 2 rings (SSSR count).